The topological polar surface area (TPSA) is 66.4 Å². The summed E-state index contributed by atoms with van der Waals surface area (Å²) in [5.74, 6) is 1.50. The second-order valence-corrected chi connectivity index (χ2v) is 6.53. The summed E-state index contributed by atoms with van der Waals surface area (Å²) >= 11 is 0. The number of aliphatic imine (C=N–C) groups is 1. The largest absolute Gasteiger partial charge is 0.492 e. The fraction of sp³-hybridized carbons (Fsp3) is 0.579. The summed E-state index contributed by atoms with van der Waals surface area (Å²) in [6.45, 7) is 2.81. The number of hydrogen-bond donors (Lipinski definition) is 1. The van der Waals surface area contributed by atoms with Gasteiger partial charge in [0.15, 0.2) is 5.96 Å². The summed E-state index contributed by atoms with van der Waals surface area (Å²) in [6.07, 6.45) is 2.36. The Hall–Kier alpha value is -2.28. The molecular formula is C19H30N4O3. The number of carbonyl (C=O) groups excluding carboxylic acids is 1. The molecule has 0 aromatic heterocycles. The Morgan fingerprint density at radius 2 is 2.08 bits per heavy atom. The lowest BCUT2D eigenvalue weighted by Crippen LogP contribution is -2.44. The second-order valence-electron chi connectivity index (χ2n) is 6.53. The van der Waals surface area contributed by atoms with E-state index in [4.69, 9.17) is 9.47 Å². The molecule has 0 spiro atoms. The molecular weight excluding hydrogens is 332 g/mol. The van der Waals surface area contributed by atoms with Gasteiger partial charge in [-0.1, -0.05) is 18.2 Å². The molecule has 26 heavy (non-hydrogen) atoms. The molecule has 1 N–H and O–H groups in total. The summed E-state index contributed by atoms with van der Waals surface area (Å²) in [5.41, 5.74) is 0. The highest BCUT2D eigenvalue weighted by molar-refractivity contribution is 5.84. The molecule has 1 aliphatic rings. The fourth-order valence-electron chi connectivity index (χ4n) is 2.53. The van der Waals surface area contributed by atoms with Crippen molar-refractivity contribution in [1.82, 2.24) is 15.1 Å². The number of likely N-dealkylation sites (N-methyl/N-ethyl adjacent to an activating group) is 2. The lowest BCUT2D eigenvalue weighted by molar-refractivity contribution is -0.127. The van der Waals surface area contributed by atoms with Crippen molar-refractivity contribution >= 4 is 11.9 Å². The van der Waals surface area contributed by atoms with Crippen LogP contribution in [0.2, 0.25) is 0 Å². The highest BCUT2D eigenvalue weighted by Gasteiger charge is 2.17. The van der Waals surface area contributed by atoms with Gasteiger partial charge in [-0.3, -0.25) is 4.79 Å². The summed E-state index contributed by atoms with van der Waals surface area (Å²) in [4.78, 5) is 19.8. The van der Waals surface area contributed by atoms with Gasteiger partial charge in [0, 0.05) is 34.3 Å². The monoisotopic (exact) mass is 362 g/mol. The standard InChI is InChI=1S/C19H30N4O3/c1-22(2)18(24)15-21-19(20-14-17-10-7-12-25-17)23(3)11-13-26-16-8-5-4-6-9-16/h4-6,8-9,17H,7,10-15H2,1-3H3,(H,20,21). The van der Waals surface area contributed by atoms with Crippen molar-refractivity contribution in [2.45, 2.75) is 18.9 Å². The Morgan fingerprint density at radius 1 is 1.31 bits per heavy atom. The van der Waals surface area contributed by atoms with Gasteiger partial charge in [-0.25, -0.2) is 4.99 Å². The van der Waals surface area contributed by atoms with Crippen molar-refractivity contribution in [3.8, 4) is 5.75 Å². The minimum atomic E-state index is -0.0321. The van der Waals surface area contributed by atoms with Crippen LogP contribution in [-0.4, -0.2) is 81.8 Å². The van der Waals surface area contributed by atoms with Crippen LogP contribution in [0.1, 0.15) is 12.8 Å². The van der Waals surface area contributed by atoms with Crippen molar-refractivity contribution in [2.75, 3.05) is 54.0 Å². The first kappa shape index (κ1) is 20.0. The molecule has 1 aromatic rings. The van der Waals surface area contributed by atoms with Crippen LogP contribution in [0.25, 0.3) is 0 Å². The number of ether oxygens (including phenoxy) is 2. The molecule has 0 radical (unpaired) electrons. The van der Waals surface area contributed by atoms with Crippen LogP contribution in [0.3, 0.4) is 0 Å². The molecule has 1 aliphatic heterocycles. The summed E-state index contributed by atoms with van der Waals surface area (Å²) < 4.78 is 11.4. The Morgan fingerprint density at radius 3 is 2.73 bits per heavy atom. The SMILES string of the molecule is CN(C)C(=O)CN=C(NCC1CCCO1)N(C)CCOc1ccccc1. The molecule has 2 rings (SSSR count). The maximum atomic E-state index is 11.9. The molecule has 1 saturated heterocycles. The Labute approximate surface area is 156 Å². The van der Waals surface area contributed by atoms with E-state index in [1.165, 1.54) is 0 Å². The molecule has 1 fully saturated rings. The van der Waals surface area contributed by atoms with E-state index in [1.54, 1.807) is 19.0 Å². The van der Waals surface area contributed by atoms with Crippen molar-refractivity contribution in [3.63, 3.8) is 0 Å². The van der Waals surface area contributed by atoms with Gasteiger partial charge in [-0.2, -0.15) is 0 Å². The van der Waals surface area contributed by atoms with Gasteiger partial charge in [0.2, 0.25) is 5.91 Å². The Bertz CT molecular complexity index is 571. The number of rotatable bonds is 8. The van der Waals surface area contributed by atoms with Gasteiger partial charge in [0.25, 0.3) is 0 Å². The van der Waals surface area contributed by atoms with Crippen molar-refractivity contribution < 1.29 is 14.3 Å². The number of hydrogen-bond acceptors (Lipinski definition) is 4. The molecule has 1 aromatic carbocycles. The quantitative estimate of drug-likeness (QED) is 0.556. The van der Waals surface area contributed by atoms with Crippen LogP contribution >= 0.6 is 0 Å². The van der Waals surface area contributed by atoms with E-state index >= 15 is 0 Å². The first-order chi connectivity index (χ1) is 12.6. The van der Waals surface area contributed by atoms with E-state index in [-0.39, 0.29) is 18.6 Å². The fourth-order valence-corrected chi connectivity index (χ4v) is 2.53. The number of benzene rings is 1. The summed E-state index contributed by atoms with van der Waals surface area (Å²) in [6, 6.07) is 9.71. The Kier molecular flexibility index (Phi) is 8.21. The van der Waals surface area contributed by atoms with E-state index in [2.05, 4.69) is 10.3 Å². The number of para-hydroxylation sites is 1. The van der Waals surface area contributed by atoms with Gasteiger partial charge in [-0.05, 0) is 25.0 Å². The van der Waals surface area contributed by atoms with Crippen LogP contribution in [-0.2, 0) is 9.53 Å². The van der Waals surface area contributed by atoms with E-state index in [0.717, 1.165) is 25.2 Å². The number of carbonyl (C=O) groups is 1. The molecule has 1 amide bonds. The Balaban J connectivity index is 1.87. The van der Waals surface area contributed by atoms with E-state index < -0.39 is 0 Å². The lowest BCUT2D eigenvalue weighted by Gasteiger charge is -2.24. The van der Waals surface area contributed by atoms with Crippen molar-refractivity contribution in [2.24, 2.45) is 4.99 Å². The van der Waals surface area contributed by atoms with Crippen LogP contribution in [0.15, 0.2) is 35.3 Å². The minimum absolute atomic E-state index is 0.0321. The zero-order chi connectivity index (χ0) is 18.8. The molecule has 0 bridgehead atoms. The third-order valence-electron chi connectivity index (χ3n) is 4.17. The van der Waals surface area contributed by atoms with Gasteiger partial charge in [-0.15, -0.1) is 0 Å². The number of guanidine groups is 1. The van der Waals surface area contributed by atoms with E-state index in [1.807, 2.05) is 42.3 Å². The van der Waals surface area contributed by atoms with Crippen molar-refractivity contribution in [3.05, 3.63) is 30.3 Å². The van der Waals surface area contributed by atoms with Gasteiger partial charge >= 0.3 is 0 Å². The number of nitrogens with zero attached hydrogens (tertiary/aromatic N) is 3. The predicted molar refractivity (Wildman–Crippen MR) is 103 cm³/mol. The first-order valence-corrected chi connectivity index (χ1v) is 9.05. The van der Waals surface area contributed by atoms with Crippen LogP contribution in [0.5, 0.6) is 5.75 Å². The second kappa shape index (κ2) is 10.7. The highest BCUT2D eigenvalue weighted by atomic mass is 16.5. The average molecular weight is 362 g/mol. The maximum Gasteiger partial charge on any atom is 0.243 e. The molecule has 1 heterocycles. The summed E-state index contributed by atoms with van der Waals surface area (Å²) in [5, 5.41) is 3.33. The number of nitrogens with one attached hydrogen (secondary N) is 1. The van der Waals surface area contributed by atoms with Crippen molar-refractivity contribution in [1.29, 1.82) is 0 Å². The van der Waals surface area contributed by atoms with E-state index in [9.17, 15) is 4.79 Å². The highest BCUT2D eigenvalue weighted by Crippen LogP contribution is 2.11. The zero-order valence-electron chi connectivity index (χ0n) is 16.0. The van der Waals surface area contributed by atoms with Crippen LogP contribution in [0, 0.1) is 0 Å². The van der Waals surface area contributed by atoms with Gasteiger partial charge in [0.1, 0.15) is 18.9 Å². The first-order valence-electron chi connectivity index (χ1n) is 9.05. The molecule has 0 aliphatic carbocycles. The molecule has 1 atom stereocenters. The molecule has 1 unspecified atom stereocenters. The third-order valence-corrected chi connectivity index (χ3v) is 4.17. The van der Waals surface area contributed by atoms with Gasteiger partial charge in [0.05, 0.1) is 12.6 Å². The predicted octanol–water partition coefficient (Wildman–Crippen LogP) is 1.21. The smallest absolute Gasteiger partial charge is 0.243 e. The average Bonchev–Trinajstić information content (AvgIpc) is 3.15. The zero-order valence-corrected chi connectivity index (χ0v) is 16.0. The third kappa shape index (κ3) is 6.92. The lowest BCUT2D eigenvalue weighted by atomic mass is 10.2. The molecule has 7 heteroatoms. The molecule has 7 nitrogen and oxygen atoms in total. The van der Waals surface area contributed by atoms with Crippen LogP contribution in [0.4, 0.5) is 0 Å². The van der Waals surface area contributed by atoms with Crippen LogP contribution < -0.4 is 10.1 Å². The van der Waals surface area contributed by atoms with E-state index in [0.29, 0.717) is 25.7 Å². The maximum absolute atomic E-state index is 11.9. The molecule has 144 valence electrons. The molecule has 0 saturated carbocycles. The normalized spacial score (nSPS) is 17.0. The van der Waals surface area contributed by atoms with Gasteiger partial charge < -0.3 is 24.6 Å². The minimum Gasteiger partial charge on any atom is -0.492 e. The summed E-state index contributed by atoms with van der Waals surface area (Å²) in [7, 11) is 5.40. The number of amides is 1.